The molecule has 1 fully saturated rings. The van der Waals surface area contributed by atoms with E-state index in [-0.39, 0.29) is 11.9 Å². The van der Waals surface area contributed by atoms with Crippen LogP contribution in [0.1, 0.15) is 23.2 Å². The van der Waals surface area contributed by atoms with Gasteiger partial charge in [0.25, 0.3) is 5.91 Å². The number of rotatable bonds is 4. The Kier molecular flexibility index (Phi) is 4.44. The topological polar surface area (TPSA) is 55.3 Å². The number of hydrogen-bond donors (Lipinski definition) is 0. The number of carbonyl (C=O) groups excluding carboxylic acids is 1. The van der Waals surface area contributed by atoms with Crippen molar-refractivity contribution in [1.82, 2.24) is 14.9 Å². The van der Waals surface area contributed by atoms with Gasteiger partial charge in [-0.1, -0.05) is 12.1 Å². The molecule has 114 valence electrons. The van der Waals surface area contributed by atoms with E-state index in [4.69, 9.17) is 4.74 Å². The number of aromatic nitrogens is 2. The fraction of sp³-hybridized carbons (Fsp3) is 0.353. The Labute approximate surface area is 130 Å². The van der Waals surface area contributed by atoms with E-state index >= 15 is 0 Å². The molecule has 0 bridgehead atoms. The average molecular weight is 297 g/mol. The smallest absolute Gasteiger partial charge is 0.254 e. The zero-order valence-electron chi connectivity index (χ0n) is 12.6. The van der Waals surface area contributed by atoms with Crippen molar-refractivity contribution in [2.75, 3.05) is 20.3 Å². The van der Waals surface area contributed by atoms with Crippen molar-refractivity contribution < 1.29 is 9.53 Å². The first kappa shape index (κ1) is 14.7. The van der Waals surface area contributed by atoms with Gasteiger partial charge in [0.2, 0.25) is 0 Å². The summed E-state index contributed by atoms with van der Waals surface area (Å²) < 4.78 is 5.21. The number of carbonyl (C=O) groups is 1. The van der Waals surface area contributed by atoms with Gasteiger partial charge in [0, 0.05) is 37.2 Å². The van der Waals surface area contributed by atoms with Gasteiger partial charge < -0.3 is 9.64 Å². The first-order valence-electron chi connectivity index (χ1n) is 7.45. The normalized spacial score (nSPS) is 17.7. The quantitative estimate of drug-likeness (QED) is 0.869. The minimum atomic E-state index is 0.0791. The molecule has 0 N–H and O–H groups in total. The highest BCUT2D eigenvalue weighted by atomic mass is 16.5. The Hall–Kier alpha value is -2.27. The van der Waals surface area contributed by atoms with Crippen molar-refractivity contribution in [1.29, 1.82) is 0 Å². The molecular weight excluding hydrogens is 278 g/mol. The Balaban J connectivity index is 1.76. The lowest BCUT2D eigenvalue weighted by Crippen LogP contribution is -2.38. The van der Waals surface area contributed by atoms with Crippen LogP contribution in [0.2, 0.25) is 0 Å². The van der Waals surface area contributed by atoms with Crippen molar-refractivity contribution in [3.8, 4) is 11.1 Å². The summed E-state index contributed by atoms with van der Waals surface area (Å²) in [5.41, 5.74) is 2.66. The standard InChI is InChI=1S/C17H19N3O2/c1-22-11-16-3-2-8-20(16)17(21)14-6-4-13(5-7-14)15-9-18-12-19-10-15/h4-7,9-10,12,16H,2-3,8,11H2,1H3/t16-/m0/s1. The summed E-state index contributed by atoms with van der Waals surface area (Å²) >= 11 is 0. The summed E-state index contributed by atoms with van der Waals surface area (Å²) in [5.74, 6) is 0.0791. The molecule has 0 spiro atoms. The van der Waals surface area contributed by atoms with Crippen LogP contribution in [0.5, 0.6) is 0 Å². The van der Waals surface area contributed by atoms with Crippen LogP contribution in [0.4, 0.5) is 0 Å². The van der Waals surface area contributed by atoms with E-state index in [1.54, 1.807) is 19.5 Å². The number of benzene rings is 1. The summed E-state index contributed by atoms with van der Waals surface area (Å²) in [4.78, 5) is 22.6. The Morgan fingerprint density at radius 2 is 1.95 bits per heavy atom. The summed E-state index contributed by atoms with van der Waals surface area (Å²) in [7, 11) is 1.68. The number of nitrogens with zero attached hydrogens (tertiary/aromatic N) is 3. The van der Waals surface area contributed by atoms with E-state index in [1.807, 2.05) is 29.2 Å². The third-order valence-electron chi connectivity index (χ3n) is 4.02. The van der Waals surface area contributed by atoms with Gasteiger partial charge in [-0.25, -0.2) is 9.97 Å². The minimum Gasteiger partial charge on any atom is -0.383 e. The van der Waals surface area contributed by atoms with Gasteiger partial charge in [0.15, 0.2) is 0 Å². The largest absolute Gasteiger partial charge is 0.383 e. The van der Waals surface area contributed by atoms with Crippen LogP contribution in [0.15, 0.2) is 43.0 Å². The van der Waals surface area contributed by atoms with Crippen molar-refractivity contribution in [3.05, 3.63) is 48.5 Å². The van der Waals surface area contributed by atoms with E-state index in [9.17, 15) is 4.79 Å². The Morgan fingerprint density at radius 3 is 2.64 bits per heavy atom. The van der Waals surface area contributed by atoms with Crippen molar-refractivity contribution in [2.24, 2.45) is 0 Å². The van der Waals surface area contributed by atoms with Crippen LogP contribution in [-0.4, -0.2) is 47.1 Å². The molecule has 0 saturated carbocycles. The predicted molar refractivity (Wildman–Crippen MR) is 83.4 cm³/mol. The summed E-state index contributed by atoms with van der Waals surface area (Å²) in [6.07, 6.45) is 7.08. The summed E-state index contributed by atoms with van der Waals surface area (Å²) in [5, 5.41) is 0. The zero-order valence-corrected chi connectivity index (χ0v) is 12.6. The number of methoxy groups -OCH3 is 1. The molecule has 1 saturated heterocycles. The molecule has 1 aliphatic heterocycles. The highest BCUT2D eigenvalue weighted by molar-refractivity contribution is 5.95. The molecule has 5 heteroatoms. The van der Waals surface area contributed by atoms with Gasteiger partial charge in [-0.2, -0.15) is 0 Å². The third kappa shape index (κ3) is 2.99. The molecule has 5 nitrogen and oxygen atoms in total. The molecule has 2 aromatic rings. The maximum atomic E-state index is 12.6. The molecule has 0 radical (unpaired) electrons. The van der Waals surface area contributed by atoms with Crippen LogP contribution in [0.25, 0.3) is 11.1 Å². The number of likely N-dealkylation sites (tertiary alicyclic amines) is 1. The molecule has 2 heterocycles. The maximum Gasteiger partial charge on any atom is 0.254 e. The van der Waals surface area contributed by atoms with E-state index in [2.05, 4.69) is 9.97 Å². The van der Waals surface area contributed by atoms with Gasteiger partial charge in [-0.15, -0.1) is 0 Å². The number of amides is 1. The van der Waals surface area contributed by atoms with E-state index in [0.717, 1.165) is 30.5 Å². The van der Waals surface area contributed by atoms with Crippen molar-refractivity contribution in [3.63, 3.8) is 0 Å². The van der Waals surface area contributed by atoms with Crippen molar-refractivity contribution in [2.45, 2.75) is 18.9 Å². The lowest BCUT2D eigenvalue weighted by molar-refractivity contribution is 0.0630. The zero-order chi connectivity index (χ0) is 15.4. The van der Waals surface area contributed by atoms with Gasteiger partial charge in [-0.3, -0.25) is 4.79 Å². The van der Waals surface area contributed by atoms with Gasteiger partial charge in [0.05, 0.1) is 12.6 Å². The highest BCUT2D eigenvalue weighted by Crippen LogP contribution is 2.22. The Morgan fingerprint density at radius 1 is 1.23 bits per heavy atom. The first-order chi connectivity index (χ1) is 10.8. The predicted octanol–water partition coefficient (Wildman–Crippen LogP) is 2.39. The van der Waals surface area contributed by atoms with Crippen LogP contribution in [0.3, 0.4) is 0 Å². The molecule has 22 heavy (non-hydrogen) atoms. The maximum absolute atomic E-state index is 12.6. The lowest BCUT2D eigenvalue weighted by atomic mass is 10.1. The lowest BCUT2D eigenvalue weighted by Gasteiger charge is -2.24. The van der Waals surface area contributed by atoms with Gasteiger partial charge in [0.1, 0.15) is 6.33 Å². The average Bonchev–Trinajstić information content (AvgIpc) is 3.04. The Bertz CT molecular complexity index is 628. The van der Waals surface area contributed by atoms with E-state index in [0.29, 0.717) is 12.2 Å². The second-order valence-corrected chi connectivity index (χ2v) is 5.45. The minimum absolute atomic E-state index is 0.0791. The van der Waals surface area contributed by atoms with E-state index < -0.39 is 0 Å². The molecule has 0 unspecified atom stereocenters. The molecular formula is C17H19N3O2. The summed E-state index contributed by atoms with van der Waals surface area (Å²) in [6.45, 7) is 1.41. The second-order valence-electron chi connectivity index (χ2n) is 5.45. The molecule has 3 rings (SSSR count). The SMILES string of the molecule is COC[C@@H]1CCCN1C(=O)c1ccc(-c2cncnc2)cc1. The van der Waals surface area contributed by atoms with Crippen LogP contribution < -0.4 is 0 Å². The fourth-order valence-electron chi connectivity index (χ4n) is 2.89. The monoisotopic (exact) mass is 297 g/mol. The number of hydrogen-bond acceptors (Lipinski definition) is 4. The molecule has 1 aromatic carbocycles. The molecule has 0 aliphatic carbocycles. The molecule has 1 aromatic heterocycles. The van der Waals surface area contributed by atoms with Crippen LogP contribution in [0, 0.1) is 0 Å². The molecule has 1 aliphatic rings. The van der Waals surface area contributed by atoms with Gasteiger partial charge >= 0.3 is 0 Å². The second kappa shape index (κ2) is 6.66. The van der Waals surface area contributed by atoms with E-state index in [1.165, 1.54) is 6.33 Å². The molecule has 1 amide bonds. The van der Waals surface area contributed by atoms with Crippen LogP contribution >= 0.6 is 0 Å². The molecule has 1 atom stereocenters. The first-order valence-corrected chi connectivity index (χ1v) is 7.45. The van der Waals surface area contributed by atoms with Crippen molar-refractivity contribution >= 4 is 5.91 Å². The van der Waals surface area contributed by atoms with Gasteiger partial charge in [-0.05, 0) is 30.5 Å². The number of ether oxygens (including phenoxy) is 1. The fourth-order valence-corrected chi connectivity index (χ4v) is 2.89. The van der Waals surface area contributed by atoms with Crippen LogP contribution in [-0.2, 0) is 4.74 Å². The third-order valence-corrected chi connectivity index (χ3v) is 4.02. The summed E-state index contributed by atoms with van der Waals surface area (Å²) in [6, 6.07) is 7.81. The highest BCUT2D eigenvalue weighted by Gasteiger charge is 2.29.